The number of pyridine rings is 1. The summed E-state index contributed by atoms with van der Waals surface area (Å²) < 4.78 is 7.23. The molecule has 0 spiro atoms. The molecule has 29 heavy (non-hydrogen) atoms. The number of amides is 1. The van der Waals surface area contributed by atoms with Gasteiger partial charge in [0.25, 0.3) is 0 Å². The molecule has 0 aliphatic carbocycles. The second kappa shape index (κ2) is 9.90. The lowest BCUT2D eigenvalue weighted by Crippen LogP contribution is -2.63. The normalized spacial score (nSPS) is 14.6. The summed E-state index contributed by atoms with van der Waals surface area (Å²) in [6.07, 6.45) is 6.78. The van der Waals surface area contributed by atoms with Gasteiger partial charge in [-0.3, -0.25) is 9.56 Å². The Morgan fingerprint density at radius 2 is 2.10 bits per heavy atom. The van der Waals surface area contributed by atoms with E-state index in [0.717, 1.165) is 11.4 Å². The molecule has 2 aromatic heterocycles. The minimum atomic E-state index is -0.479. The average Bonchev–Trinajstić information content (AvgIpc) is 3.13. The summed E-state index contributed by atoms with van der Waals surface area (Å²) in [4.78, 5) is 26.3. The molecule has 1 amide bonds. The van der Waals surface area contributed by atoms with Gasteiger partial charge in [0, 0.05) is 45.3 Å². The molecule has 0 bridgehead atoms. The number of aromatic nitrogens is 3. The molecular weight excluding hydrogens is 485 g/mol. The smallest absolute Gasteiger partial charge is 0.410 e. The predicted octanol–water partition coefficient (Wildman–Crippen LogP) is 2.17. The molecule has 2 N–H and O–H groups in total. The van der Waals surface area contributed by atoms with E-state index in [0.29, 0.717) is 25.6 Å². The molecule has 1 aliphatic heterocycles. The van der Waals surface area contributed by atoms with Crippen molar-refractivity contribution in [2.75, 3.05) is 20.1 Å². The van der Waals surface area contributed by atoms with Crippen LogP contribution in [-0.4, -0.2) is 63.3 Å². The molecule has 0 aromatic carbocycles. The molecule has 0 atom stereocenters. The van der Waals surface area contributed by atoms with E-state index in [1.165, 1.54) is 0 Å². The number of hydrogen-bond donors (Lipinski definition) is 2. The van der Waals surface area contributed by atoms with Crippen molar-refractivity contribution in [1.29, 1.82) is 0 Å². The van der Waals surface area contributed by atoms with Crippen molar-refractivity contribution < 1.29 is 9.53 Å². The Balaban J connectivity index is 0.00000300. The summed E-state index contributed by atoms with van der Waals surface area (Å²) in [7, 11) is 1.73. The Hall–Kier alpha value is -2.37. The Kier molecular flexibility index (Phi) is 7.82. The Labute approximate surface area is 188 Å². The fourth-order valence-corrected chi connectivity index (χ4v) is 2.73. The van der Waals surface area contributed by atoms with E-state index >= 15 is 0 Å². The van der Waals surface area contributed by atoms with Crippen molar-refractivity contribution in [3.63, 3.8) is 0 Å². The summed E-state index contributed by atoms with van der Waals surface area (Å²) >= 11 is 0. The first-order chi connectivity index (χ1) is 13.3. The van der Waals surface area contributed by atoms with Crippen LogP contribution < -0.4 is 10.6 Å². The van der Waals surface area contributed by atoms with Crippen LogP contribution in [0.4, 0.5) is 4.79 Å². The van der Waals surface area contributed by atoms with Crippen molar-refractivity contribution in [3.05, 3.63) is 42.6 Å². The topological polar surface area (TPSA) is 96.7 Å². The third-order valence-corrected chi connectivity index (χ3v) is 4.14. The molecule has 1 aliphatic rings. The van der Waals surface area contributed by atoms with Crippen molar-refractivity contribution in [2.24, 2.45) is 4.99 Å². The molecule has 1 fully saturated rings. The van der Waals surface area contributed by atoms with Gasteiger partial charge < -0.3 is 20.3 Å². The van der Waals surface area contributed by atoms with E-state index in [1.807, 2.05) is 43.7 Å². The summed E-state index contributed by atoms with van der Waals surface area (Å²) in [6.45, 7) is 7.38. The third-order valence-electron chi connectivity index (χ3n) is 4.14. The standard InChI is InChI=1S/C19H27N7O2.HI/c1-19(2,3)28-18(27)26-11-15(12-26)24-17(20-4)23-10-14-5-6-22-16(9-14)25-8-7-21-13-25;/h5-9,13,15H,10-12H2,1-4H3,(H2,20,23,24);1H. The van der Waals surface area contributed by atoms with E-state index in [-0.39, 0.29) is 36.1 Å². The maximum absolute atomic E-state index is 12.0. The van der Waals surface area contributed by atoms with Crippen LogP contribution in [0.3, 0.4) is 0 Å². The number of halogens is 1. The van der Waals surface area contributed by atoms with Crippen molar-refractivity contribution in [1.82, 2.24) is 30.1 Å². The molecule has 0 saturated carbocycles. The van der Waals surface area contributed by atoms with Crippen molar-refractivity contribution in [3.8, 4) is 5.82 Å². The van der Waals surface area contributed by atoms with Gasteiger partial charge in [-0.05, 0) is 38.5 Å². The molecule has 0 unspecified atom stereocenters. The maximum atomic E-state index is 12.0. The zero-order chi connectivity index (χ0) is 20.1. The number of nitrogens with one attached hydrogen (secondary N) is 2. The summed E-state index contributed by atoms with van der Waals surface area (Å²) in [5, 5.41) is 6.61. The van der Waals surface area contributed by atoms with E-state index in [1.54, 1.807) is 30.7 Å². The summed E-state index contributed by atoms with van der Waals surface area (Å²) in [5.74, 6) is 1.50. The largest absolute Gasteiger partial charge is 0.444 e. The molecule has 2 aromatic rings. The number of ether oxygens (including phenoxy) is 1. The Morgan fingerprint density at radius 1 is 1.34 bits per heavy atom. The van der Waals surface area contributed by atoms with E-state index in [9.17, 15) is 4.79 Å². The number of carbonyl (C=O) groups excluding carboxylic acids is 1. The lowest BCUT2D eigenvalue weighted by atomic mass is 10.1. The highest BCUT2D eigenvalue weighted by Gasteiger charge is 2.34. The summed E-state index contributed by atoms with van der Waals surface area (Å²) in [6, 6.07) is 4.10. The van der Waals surface area contributed by atoms with E-state index < -0.39 is 5.60 Å². The fourth-order valence-electron chi connectivity index (χ4n) is 2.73. The van der Waals surface area contributed by atoms with Crippen LogP contribution in [0.2, 0.25) is 0 Å². The first-order valence-corrected chi connectivity index (χ1v) is 9.22. The highest BCUT2D eigenvalue weighted by molar-refractivity contribution is 14.0. The highest BCUT2D eigenvalue weighted by Crippen LogP contribution is 2.15. The number of nitrogens with zero attached hydrogens (tertiary/aromatic N) is 5. The molecule has 158 valence electrons. The number of aliphatic imine (C=N–C) groups is 1. The number of carbonyl (C=O) groups is 1. The maximum Gasteiger partial charge on any atom is 0.410 e. The van der Waals surface area contributed by atoms with Gasteiger partial charge in [0.05, 0.1) is 6.04 Å². The SMILES string of the molecule is CN=C(NCc1ccnc(-n2ccnc2)c1)NC1CN(C(=O)OC(C)(C)C)C1.I. The lowest BCUT2D eigenvalue weighted by Gasteiger charge is -2.40. The van der Waals surface area contributed by atoms with Crippen LogP contribution >= 0.6 is 24.0 Å². The quantitative estimate of drug-likeness (QED) is 0.370. The van der Waals surface area contributed by atoms with Crippen LogP contribution in [-0.2, 0) is 11.3 Å². The van der Waals surface area contributed by atoms with Crippen molar-refractivity contribution in [2.45, 2.75) is 39.0 Å². The molecular formula is C19H28IN7O2. The minimum absolute atomic E-state index is 0. The Bertz CT molecular complexity index is 827. The van der Waals surface area contributed by atoms with Crippen LogP contribution in [0, 0.1) is 0 Å². The van der Waals surface area contributed by atoms with Crippen LogP contribution in [0.1, 0.15) is 26.3 Å². The van der Waals surface area contributed by atoms with Crippen molar-refractivity contribution >= 4 is 36.0 Å². The second-order valence-corrected chi connectivity index (χ2v) is 7.64. The number of hydrogen-bond acceptors (Lipinski definition) is 5. The molecule has 3 rings (SSSR count). The van der Waals surface area contributed by atoms with Crippen LogP contribution in [0.15, 0.2) is 42.0 Å². The van der Waals surface area contributed by atoms with Crippen LogP contribution in [0.5, 0.6) is 0 Å². The van der Waals surface area contributed by atoms with E-state index in [4.69, 9.17) is 4.74 Å². The predicted molar refractivity (Wildman–Crippen MR) is 122 cm³/mol. The van der Waals surface area contributed by atoms with Gasteiger partial charge in [0.2, 0.25) is 0 Å². The summed E-state index contributed by atoms with van der Waals surface area (Å²) in [5.41, 5.74) is 0.596. The fraction of sp³-hybridized carbons (Fsp3) is 0.474. The number of imidazole rings is 1. The van der Waals surface area contributed by atoms with E-state index in [2.05, 4.69) is 25.6 Å². The minimum Gasteiger partial charge on any atom is -0.444 e. The van der Waals surface area contributed by atoms with Gasteiger partial charge in [-0.1, -0.05) is 0 Å². The molecule has 10 heteroatoms. The monoisotopic (exact) mass is 513 g/mol. The number of likely N-dealkylation sites (tertiary alicyclic amines) is 1. The zero-order valence-electron chi connectivity index (χ0n) is 17.1. The van der Waals surface area contributed by atoms with Gasteiger partial charge in [-0.2, -0.15) is 0 Å². The average molecular weight is 513 g/mol. The number of guanidine groups is 1. The number of rotatable bonds is 4. The van der Waals surface area contributed by atoms with Crippen LogP contribution in [0.25, 0.3) is 5.82 Å². The molecule has 1 saturated heterocycles. The lowest BCUT2D eigenvalue weighted by molar-refractivity contribution is 0.00701. The van der Waals surface area contributed by atoms with Gasteiger partial charge >= 0.3 is 6.09 Å². The molecule has 0 radical (unpaired) electrons. The highest BCUT2D eigenvalue weighted by atomic mass is 127. The first kappa shape index (κ1) is 22.9. The zero-order valence-corrected chi connectivity index (χ0v) is 19.5. The molecule has 9 nitrogen and oxygen atoms in total. The van der Waals surface area contributed by atoms with Gasteiger partial charge in [0.15, 0.2) is 5.96 Å². The first-order valence-electron chi connectivity index (χ1n) is 9.22. The third kappa shape index (κ3) is 6.58. The van der Waals surface area contributed by atoms with Gasteiger partial charge in [0.1, 0.15) is 17.7 Å². The van der Waals surface area contributed by atoms with Gasteiger partial charge in [-0.15, -0.1) is 24.0 Å². The molecule has 3 heterocycles. The van der Waals surface area contributed by atoms with Gasteiger partial charge in [-0.25, -0.2) is 14.8 Å². The Morgan fingerprint density at radius 3 is 2.72 bits per heavy atom. The second-order valence-electron chi connectivity index (χ2n) is 7.64.